The lowest BCUT2D eigenvalue weighted by Gasteiger charge is -2.03. The van der Waals surface area contributed by atoms with E-state index < -0.39 is 6.03 Å². The van der Waals surface area contributed by atoms with Gasteiger partial charge in [-0.05, 0) is 6.92 Å². The molecule has 0 unspecified atom stereocenters. The maximum atomic E-state index is 11.4. The molecule has 1 aromatic heterocycles. The van der Waals surface area contributed by atoms with Crippen LogP contribution in [-0.2, 0) is 4.79 Å². The Hall–Kier alpha value is -1.61. The van der Waals surface area contributed by atoms with E-state index in [0.717, 1.165) is 6.54 Å². The van der Waals surface area contributed by atoms with Crippen molar-refractivity contribution >= 4 is 40.2 Å². The number of urea groups is 1. The van der Waals surface area contributed by atoms with Crippen molar-refractivity contribution in [3.63, 3.8) is 0 Å². The van der Waals surface area contributed by atoms with E-state index in [2.05, 4.69) is 32.7 Å². The van der Waals surface area contributed by atoms with Crippen molar-refractivity contribution in [3.05, 3.63) is 12.7 Å². The lowest BCUT2D eigenvalue weighted by atomic mass is 10.6. The van der Waals surface area contributed by atoms with Gasteiger partial charge in [0.1, 0.15) is 0 Å². The topological polar surface area (TPSA) is 96.0 Å². The van der Waals surface area contributed by atoms with E-state index in [1.165, 1.54) is 29.2 Å². The zero-order chi connectivity index (χ0) is 14.1. The van der Waals surface area contributed by atoms with Crippen molar-refractivity contribution in [2.45, 2.75) is 11.3 Å². The van der Waals surface area contributed by atoms with Gasteiger partial charge in [0.15, 0.2) is 4.34 Å². The Morgan fingerprint density at radius 2 is 2.26 bits per heavy atom. The van der Waals surface area contributed by atoms with Crippen LogP contribution >= 0.6 is 23.1 Å². The van der Waals surface area contributed by atoms with Crippen molar-refractivity contribution < 1.29 is 9.59 Å². The molecule has 3 N–H and O–H groups in total. The Morgan fingerprint density at radius 1 is 1.47 bits per heavy atom. The van der Waals surface area contributed by atoms with Gasteiger partial charge in [-0.15, -0.1) is 16.8 Å². The van der Waals surface area contributed by atoms with Gasteiger partial charge in [0.05, 0.1) is 5.75 Å². The monoisotopic (exact) mass is 301 g/mol. The quantitative estimate of drug-likeness (QED) is 0.515. The van der Waals surface area contributed by atoms with E-state index in [4.69, 9.17) is 0 Å². The fraction of sp³-hybridized carbons (Fsp3) is 0.400. The molecule has 1 aromatic rings. The minimum atomic E-state index is -0.531. The average molecular weight is 301 g/mol. The first-order valence-corrected chi connectivity index (χ1v) is 7.34. The van der Waals surface area contributed by atoms with Crippen LogP contribution in [0.5, 0.6) is 0 Å². The minimum absolute atomic E-state index is 0.113. The first-order chi connectivity index (χ1) is 9.15. The molecule has 3 amide bonds. The fourth-order valence-corrected chi connectivity index (χ4v) is 2.61. The zero-order valence-electron chi connectivity index (χ0n) is 10.4. The second-order valence-electron chi connectivity index (χ2n) is 3.24. The minimum Gasteiger partial charge on any atom is -0.360 e. The van der Waals surface area contributed by atoms with Gasteiger partial charge in [-0.25, -0.2) is 4.79 Å². The summed E-state index contributed by atoms with van der Waals surface area (Å²) in [4.78, 5) is 22.6. The molecule has 0 atom stereocenters. The van der Waals surface area contributed by atoms with Gasteiger partial charge >= 0.3 is 6.03 Å². The summed E-state index contributed by atoms with van der Waals surface area (Å²) in [6, 6.07) is -0.531. The summed E-state index contributed by atoms with van der Waals surface area (Å²) in [5.41, 5.74) is 0. The van der Waals surface area contributed by atoms with E-state index >= 15 is 0 Å². The molecular formula is C10H15N5O2S2. The maximum Gasteiger partial charge on any atom is 0.321 e. The van der Waals surface area contributed by atoms with Gasteiger partial charge in [-0.1, -0.05) is 29.2 Å². The van der Waals surface area contributed by atoms with Crippen molar-refractivity contribution in [2.24, 2.45) is 0 Å². The number of thioether (sulfide) groups is 1. The second kappa shape index (κ2) is 8.48. The van der Waals surface area contributed by atoms with E-state index in [-0.39, 0.29) is 11.7 Å². The molecule has 1 rings (SSSR count). The SMILES string of the molecule is C=CCNC(=O)NC(=O)CSc1nnc(NCC)s1. The Kier molecular flexibility index (Phi) is 6.90. The molecule has 0 radical (unpaired) electrons. The summed E-state index contributed by atoms with van der Waals surface area (Å²) >= 11 is 2.60. The summed E-state index contributed by atoms with van der Waals surface area (Å²) in [7, 11) is 0. The predicted molar refractivity (Wildman–Crippen MR) is 76.5 cm³/mol. The van der Waals surface area contributed by atoms with Crippen molar-refractivity contribution in [1.82, 2.24) is 20.8 Å². The molecule has 1 heterocycles. The van der Waals surface area contributed by atoms with Gasteiger partial charge < -0.3 is 10.6 Å². The van der Waals surface area contributed by atoms with Crippen molar-refractivity contribution in [3.8, 4) is 0 Å². The largest absolute Gasteiger partial charge is 0.360 e. The summed E-state index contributed by atoms with van der Waals surface area (Å²) in [5, 5.41) is 16.2. The summed E-state index contributed by atoms with van der Waals surface area (Å²) in [5.74, 6) is -0.269. The zero-order valence-corrected chi connectivity index (χ0v) is 12.1. The van der Waals surface area contributed by atoms with E-state index in [9.17, 15) is 9.59 Å². The standard InChI is InChI=1S/C10H15N5O2S2/c1-3-5-12-8(17)13-7(16)6-18-10-15-14-9(19-10)11-4-2/h3H,1,4-6H2,2H3,(H,11,14)(H2,12,13,16,17). The van der Waals surface area contributed by atoms with Crippen LogP contribution in [0.3, 0.4) is 0 Å². The molecule has 0 saturated heterocycles. The molecule has 104 valence electrons. The van der Waals surface area contributed by atoms with Crippen LogP contribution in [0, 0.1) is 0 Å². The summed E-state index contributed by atoms with van der Waals surface area (Å²) < 4.78 is 0.678. The van der Waals surface area contributed by atoms with Crippen molar-refractivity contribution in [1.29, 1.82) is 0 Å². The highest BCUT2D eigenvalue weighted by molar-refractivity contribution is 8.01. The number of imide groups is 1. The molecule has 0 aliphatic carbocycles. The average Bonchev–Trinajstić information content (AvgIpc) is 2.82. The van der Waals surface area contributed by atoms with Crippen LogP contribution < -0.4 is 16.0 Å². The van der Waals surface area contributed by atoms with E-state index in [1.54, 1.807) is 0 Å². The number of nitrogens with zero attached hydrogens (tertiary/aromatic N) is 2. The molecule has 0 bridgehead atoms. The lowest BCUT2D eigenvalue weighted by molar-refractivity contribution is -0.117. The molecule has 7 nitrogen and oxygen atoms in total. The second-order valence-corrected chi connectivity index (χ2v) is 5.44. The third kappa shape index (κ3) is 6.20. The number of hydrogen-bond acceptors (Lipinski definition) is 7. The number of amides is 3. The molecular weight excluding hydrogens is 286 g/mol. The molecule has 0 aliphatic heterocycles. The third-order valence-electron chi connectivity index (χ3n) is 1.72. The Labute approximate surface area is 119 Å². The van der Waals surface area contributed by atoms with Gasteiger partial charge in [-0.3, -0.25) is 10.1 Å². The summed E-state index contributed by atoms with van der Waals surface area (Å²) in [6.45, 7) is 6.50. The third-order valence-corrected chi connectivity index (χ3v) is 3.74. The Morgan fingerprint density at radius 3 is 2.95 bits per heavy atom. The molecule has 0 fully saturated rings. The van der Waals surface area contributed by atoms with E-state index in [1.807, 2.05) is 6.92 Å². The van der Waals surface area contributed by atoms with Crippen LogP contribution in [0.25, 0.3) is 0 Å². The first kappa shape index (κ1) is 15.4. The molecule has 0 saturated carbocycles. The van der Waals surface area contributed by atoms with Gasteiger partial charge in [0, 0.05) is 13.1 Å². The predicted octanol–water partition coefficient (Wildman–Crippen LogP) is 1.07. The number of nitrogens with one attached hydrogen (secondary N) is 3. The van der Waals surface area contributed by atoms with Gasteiger partial charge in [-0.2, -0.15) is 0 Å². The van der Waals surface area contributed by atoms with Crippen LogP contribution in [0.1, 0.15) is 6.92 Å². The normalized spacial score (nSPS) is 9.74. The Bertz CT molecular complexity index is 449. The number of rotatable bonds is 7. The maximum absolute atomic E-state index is 11.4. The van der Waals surface area contributed by atoms with Crippen LogP contribution in [0.2, 0.25) is 0 Å². The highest BCUT2D eigenvalue weighted by Gasteiger charge is 2.10. The highest BCUT2D eigenvalue weighted by Crippen LogP contribution is 2.24. The Balaban J connectivity index is 2.28. The van der Waals surface area contributed by atoms with Crippen LogP contribution in [0.15, 0.2) is 17.0 Å². The van der Waals surface area contributed by atoms with Gasteiger partial charge in [0.25, 0.3) is 0 Å². The fourth-order valence-electron chi connectivity index (χ4n) is 0.990. The number of carbonyl (C=O) groups excluding carboxylic acids is 2. The lowest BCUT2D eigenvalue weighted by Crippen LogP contribution is -2.40. The molecule has 0 aliphatic rings. The number of carbonyl (C=O) groups is 2. The van der Waals surface area contributed by atoms with Crippen LogP contribution in [0.4, 0.5) is 9.93 Å². The summed E-state index contributed by atoms with van der Waals surface area (Å²) in [6.07, 6.45) is 1.53. The highest BCUT2D eigenvalue weighted by atomic mass is 32.2. The molecule has 19 heavy (non-hydrogen) atoms. The number of aromatic nitrogens is 2. The first-order valence-electron chi connectivity index (χ1n) is 5.54. The van der Waals surface area contributed by atoms with Crippen molar-refractivity contribution in [2.75, 3.05) is 24.2 Å². The molecule has 0 spiro atoms. The smallest absolute Gasteiger partial charge is 0.321 e. The van der Waals surface area contributed by atoms with Crippen LogP contribution in [-0.4, -0.2) is 41.0 Å². The molecule has 9 heteroatoms. The number of anilines is 1. The number of hydrogen-bond donors (Lipinski definition) is 3. The van der Waals surface area contributed by atoms with E-state index in [0.29, 0.717) is 16.0 Å². The molecule has 0 aromatic carbocycles. The van der Waals surface area contributed by atoms with Gasteiger partial charge in [0.2, 0.25) is 11.0 Å².